The van der Waals surface area contributed by atoms with Crippen LogP contribution in [-0.4, -0.2) is 32.3 Å². The fraction of sp³-hybridized carbons (Fsp3) is 0.385. The van der Waals surface area contributed by atoms with Crippen LogP contribution in [0, 0.1) is 12.7 Å². The summed E-state index contributed by atoms with van der Waals surface area (Å²) in [5.41, 5.74) is 4.20. The minimum atomic E-state index is -0.290. The van der Waals surface area contributed by atoms with Crippen molar-refractivity contribution < 1.29 is 9.18 Å². The zero-order valence-corrected chi connectivity index (χ0v) is 19.4. The normalized spacial score (nSPS) is 16.3. The van der Waals surface area contributed by atoms with Gasteiger partial charge in [-0.3, -0.25) is 14.7 Å². The molecule has 7 heteroatoms. The molecule has 1 atom stereocenters. The van der Waals surface area contributed by atoms with E-state index in [1.807, 2.05) is 31.5 Å². The van der Waals surface area contributed by atoms with E-state index in [2.05, 4.69) is 34.0 Å². The molecule has 4 rings (SSSR count). The number of nitrogens with zero attached hydrogens (tertiary/aromatic N) is 4. The molecule has 2 aromatic heterocycles. The van der Waals surface area contributed by atoms with E-state index >= 15 is 0 Å². The third kappa shape index (κ3) is 5.60. The fourth-order valence-corrected chi connectivity index (χ4v) is 4.22. The van der Waals surface area contributed by atoms with Gasteiger partial charge in [-0.1, -0.05) is 26.0 Å². The highest BCUT2D eigenvalue weighted by Crippen LogP contribution is 2.32. The molecule has 0 radical (unpaired) electrons. The van der Waals surface area contributed by atoms with Gasteiger partial charge < -0.3 is 5.32 Å². The van der Waals surface area contributed by atoms with Crippen LogP contribution in [0.25, 0.3) is 0 Å². The lowest BCUT2D eigenvalue weighted by atomic mass is 10.1. The monoisotopic (exact) mass is 447 g/mol. The topological polar surface area (TPSA) is 71.0 Å². The van der Waals surface area contributed by atoms with Crippen LogP contribution >= 0.6 is 0 Å². The van der Waals surface area contributed by atoms with Crippen molar-refractivity contribution in [3.63, 3.8) is 0 Å². The Hall–Kier alpha value is -3.19. The molecule has 3 heterocycles. The number of carbonyl (C=O) groups excluding carboxylic acids is 1. The third-order valence-electron chi connectivity index (χ3n) is 6.05. The second-order valence-electron chi connectivity index (χ2n) is 8.91. The lowest BCUT2D eigenvalue weighted by Crippen LogP contribution is -2.26. The SMILES string of the molecule is Cc1nc([C@H]2CCCN2Cc2cnc(C(C)C)nc2)ccc1C(=O)NCc1ccc(F)cc1. The largest absolute Gasteiger partial charge is 0.348 e. The summed E-state index contributed by atoms with van der Waals surface area (Å²) in [7, 11) is 0. The number of benzene rings is 1. The molecule has 33 heavy (non-hydrogen) atoms. The molecule has 0 aliphatic carbocycles. The lowest BCUT2D eigenvalue weighted by molar-refractivity contribution is 0.0949. The van der Waals surface area contributed by atoms with Crippen molar-refractivity contribution in [2.45, 2.75) is 58.7 Å². The molecule has 3 aromatic rings. The molecule has 0 unspecified atom stereocenters. The minimum Gasteiger partial charge on any atom is -0.348 e. The summed E-state index contributed by atoms with van der Waals surface area (Å²) in [4.78, 5) is 28.8. The first-order valence-electron chi connectivity index (χ1n) is 11.5. The zero-order valence-electron chi connectivity index (χ0n) is 19.4. The van der Waals surface area contributed by atoms with Crippen LogP contribution in [0.4, 0.5) is 4.39 Å². The summed E-state index contributed by atoms with van der Waals surface area (Å²) >= 11 is 0. The van der Waals surface area contributed by atoms with Crippen LogP contribution in [0.2, 0.25) is 0 Å². The second kappa shape index (κ2) is 10.2. The molecule has 1 fully saturated rings. The van der Waals surface area contributed by atoms with Gasteiger partial charge in [0.2, 0.25) is 0 Å². The Morgan fingerprint density at radius 3 is 2.52 bits per heavy atom. The Bertz CT molecular complexity index is 1100. The fourth-order valence-electron chi connectivity index (χ4n) is 4.22. The van der Waals surface area contributed by atoms with E-state index in [4.69, 9.17) is 4.98 Å². The predicted octanol–water partition coefficient (Wildman–Crippen LogP) is 4.71. The molecule has 1 saturated heterocycles. The van der Waals surface area contributed by atoms with Crippen LogP contribution < -0.4 is 5.32 Å². The number of aromatic nitrogens is 3. The summed E-state index contributed by atoms with van der Waals surface area (Å²) < 4.78 is 13.1. The molecule has 0 spiro atoms. The van der Waals surface area contributed by atoms with Gasteiger partial charge in [0.05, 0.1) is 23.0 Å². The zero-order chi connectivity index (χ0) is 23.4. The number of aryl methyl sites for hydroxylation is 1. The average Bonchev–Trinajstić information content (AvgIpc) is 3.27. The number of rotatable bonds is 7. The average molecular weight is 448 g/mol. The summed E-state index contributed by atoms with van der Waals surface area (Å²) in [6.45, 7) is 8.17. The van der Waals surface area contributed by atoms with E-state index in [1.54, 1.807) is 12.1 Å². The van der Waals surface area contributed by atoms with E-state index in [1.165, 1.54) is 12.1 Å². The summed E-state index contributed by atoms with van der Waals surface area (Å²) in [6, 6.07) is 10.1. The first-order valence-corrected chi connectivity index (χ1v) is 11.5. The first kappa shape index (κ1) is 23.0. The van der Waals surface area contributed by atoms with Crippen molar-refractivity contribution in [2.24, 2.45) is 0 Å². The number of likely N-dealkylation sites (tertiary alicyclic amines) is 1. The van der Waals surface area contributed by atoms with Gasteiger partial charge in [-0.2, -0.15) is 0 Å². The molecular weight excluding hydrogens is 417 g/mol. The van der Waals surface area contributed by atoms with E-state index < -0.39 is 0 Å². The van der Waals surface area contributed by atoms with Gasteiger partial charge in [0.1, 0.15) is 11.6 Å². The summed E-state index contributed by atoms with van der Waals surface area (Å²) in [5, 5.41) is 2.89. The maximum Gasteiger partial charge on any atom is 0.253 e. The van der Waals surface area contributed by atoms with E-state index in [-0.39, 0.29) is 17.8 Å². The molecule has 1 aromatic carbocycles. The van der Waals surface area contributed by atoms with E-state index in [9.17, 15) is 9.18 Å². The number of carbonyl (C=O) groups is 1. The number of amides is 1. The smallest absolute Gasteiger partial charge is 0.253 e. The van der Waals surface area contributed by atoms with Crippen molar-refractivity contribution in [1.29, 1.82) is 0 Å². The molecule has 1 N–H and O–H groups in total. The van der Waals surface area contributed by atoms with Crippen LogP contribution in [0.1, 0.15) is 77.3 Å². The van der Waals surface area contributed by atoms with Crippen LogP contribution in [0.5, 0.6) is 0 Å². The van der Waals surface area contributed by atoms with Crippen LogP contribution in [-0.2, 0) is 13.1 Å². The molecule has 172 valence electrons. The molecule has 0 bridgehead atoms. The standard InChI is InChI=1S/C26H30FN5O/c1-17(2)25-28-14-20(15-29-25)16-32-12-4-5-24(32)23-11-10-22(18(3)31-23)26(33)30-13-19-6-8-21(27)9-7-19/h6-11,14-15,17,24H,4-5,12-13,16H2,1-3H3,(H,30,33)/t24-/m1/s1. The predicted molar refractivity (Wildman–Crippen MR) is 125 cm³/mol. The van der Waals surface area contributed by atoms with Crippen molar-refractivity contribution >= 4 is 5.91 Å². The molecular formula is C26H30FN5O. The van der Waals surface area contributed by atoms with Crippen molar-refractivity contribution in [3.05, 3.63) is 88.5 Å². The van der Waals surface area contributed by atoms with Gasteiger partial charge in [-0.25, -0.2) is 14.4 Å². The number of hydrogen-bond acceptors (Lipinski definition) is 5. The summed E-state index contributed by atoms with van der Waals surface area (Å²) in [5.74, 6) is 0.711. The Morgan fingerprint density at radius 1 is 1.12 bits per heavy atom. The van der Waals surface area contributed by atoms with Gasteiger partial charge in [0, 0.05) is 37.0 Å². The van der Waals surface area contributed by atoms with Gasteiger partial charge in [0.15, 0.2) is 0 Å². The van der Waals surface area contributed by atoms with Crippen LogP contribution in [0.15, 0.2) is 48.8 Å². The highest BCUT2D eigenvalue weighted by molar-refractivity contribution is 5.95. The molecule has 1 amide bonds. The van der Waals surface area contributed by atoms with Gasteiger partial charge >= 0.3 is 0 Å². The maximum absolute atomic E-state index is 13.1. The Labute approximate surface area is 194 Å². The Kier molecular flexibility index (Phi) is 7.08. The Morgan fingerprint density at radius 2 is 1.85 bits per heavy atom. The highest BCUT2D eigenvalue weighted by Gasteiger charge is 2.28. The lowest BCUT2D eigenvalue weighted by Gasteiger charge is -2.24. The molecule has 1 aliphatic heterocycles. The molecule has 6 nitrogen and oxygen atoms in total. The van der Waals surface area contributed by atoms with Gasteiger partial charge in [-0.05, 0) is 56.1 Å². The van der Waals surface area contributed by atoms with E-state index in [0.29, 0.717) is 23.7 Å². The van der Waals surface area contributed by atoms with Crippen molar-refractivity contribution in [3.8, 4) is 0 Å². The number of halogens is 1. The highest BCUT2D eigenvalue weighted by atomic mass is 19.1. The first-order chi connectivity index (χ1) is 15.9. The number of pyridine rings is 1. The number of hydrogen-bond donors (Lipinski definition) is 1. The second-order valence-corrected chi connectivity index (χ2v) is 8.91. The van der Waals surface area contributed by atoms with Crippen LogP contribution in [0.3, 0.4) is 0 Å². The van der Waals surface area contributed by atoms with Crippen molar-refractivity contribution in [1.82, 2.24) is 25.2 Å². The van der Waals surface area contributed by atoms with Crippen molar-refractivity contribution in [2.75, 3.05) is 6.54 Å². The van der Waals surface area contributed by atoms with Gasteiger partial charge in [-0.15, -0.1) is 0 Å². The third-order valence-corrected chi connectivity index (χ3v) is 6.05. The minimum absolute atomic E-state index is 0.179. The van der Waals surface area contributed by atoms with Gasteiger partial charge in [0.25, 0.3) is 5.91 Å². The summed E-state index contributed by atoms with van der Waals surface area (Å²) in [6.07, 6.45) is 5.99. The molecule has 1 aliphatic rings. The Balaban J connectivity index is 1.41. The molecule has 0 saturated carbocycles. The maximum atomic E-state index is 13.1. The quantitative estimate of drug-likeness (QED) is 0.568. The number of nitrogens with one attached hydrogen (secondary N) is 1. The van der Waals surface area contributed by atoms with E-state index in [0.717, 1.165) is 48.6 Å².